The maximum Gasteiger partial charge on any atom is 0.308 e. The summed E-state index contributed by atoms with van der Waals surface area (Å²) in [5, 5.41) is 18.7. The van der Waals surface area contributed by atoms with Gasteiger partial charge in [0.2, 0.25) is 0 Å². The predicted molar refractivity (Wildman–Crippen MR) is 58.7 cm³/mol. The van der Waals surface area contributed by atoms with Gasteiger partial charge in [-0.1, -0.05) is 6.07 Å². The van der Waals surface area contributed by atoms with E-state index in [1.165, 1.54) is 0 Å². The van der Waals surface area contributed by atoms with Crippen molar-refractivity contribution in [2.45, 2.75) is 18.9 Å². The first kappa shape index (κ1) is 9.51. The number of hydrogen-bond donors (Lipinski definition) is 2. The quantitative estimate of drug-likeness (QED) is 0.745. The molecule has 16 heavy (non-hydrogen) atoms. The molecule has 0 radical (unpaired) electrons. The van der Waals surface area contributed by atoms with E-state index < -0.39 is 5.97 Å². The Morgan fingerprint density at radius 2 is 2.25 bits per heavy atom. The average molecular weight is 219 g/mol. The van der Waals surface area contributed by atoms with Gasteiger partial charge in [0, 0.05) is 23.8 Å². The molecule has 0 saturated carbocycles. The van der Waals surface area contributed by atoms with Crippen LogP contribution in [-0.2, 0) is 11.2 Å². The molecule has 0 bridgehead atoms. The van der Waals surface area contributed by atoms with Gasteiger partial charge in [-0.25, -0.2) is 0 Å². The molecule has 0 amide bonds. The molecule has 2 atom stereocenters. The van der Waals surface area contributed by atoms with Gasteiger partial charge in [0.25, 0.3) is 0 Å². The van der Waals surface area contributed by atoms with E-state index >= 15 is 0 Å². The van der Waals surface area contributed by atoms with Gasteiger partial charge in [-0.2, -0.15) is 0 Å². The van der Waals surface area contributed by atoms with Crippen LogP contribution in [-0.4, -0.2) is 28.8 Å². The minimum atomic E-state index is -0.712. The first-order valence-corrected chi connectivity index (χ1v) is 5.47. The molecular weight excluding hydrogens is 206 g/mol. The molecule has 0 aliphatic carbocycles. The molecule has 4 nitrogen and oxygen atoms in total. The Bertz CT molecular complexity index is 458. The Labute approximate surface area is 93.1 Å². The van der Waals surface area contributed by atoms with Crippen LogP contribution in [0.25, 0.3) is 0 Å². The van der Waals surface area contributed by atoms with Gasteiger partial charge in [-0.15, -0.1) is 0 Å². The second kappa shape index (κ2) is 3.14. The normalized spacial score (nSPS) is 26.6. The Morgan fingerprint density at radius 1 is 1.44 bits per heavy atom. The molecule has 1 aromatic carbocycles. The van der Waals surface area contributed by atoms with Gasteiger partial charge < -0.3 is 15.1 Å². The fraction of sp³-hybridized carbons (Fsp3) is 0.417. The summed E-state index contributed by atoms with van der Waals surface area (Å²) >= 11 is 0. The zero-order valence-electron chi connectivity index (χ0n) is 8.76. The number of hydrogen-bond acceptors (Lipinski definition) is 3. The Balaban J connectivity index is 1.94. The van der Waals surface area contributed by atoms with Crippen LogP contribution >= 0.6 is 0 Å². The summed E-state index contributed by atoms with van der Waals surface area (Å²) in [6.45, 7) is 0.566. The number of rotatable bonds is 1. The van der Waals surface area contributed by atoms with Gasteiger partial charge in [0.1, 0.15) is 5.75 Å². The number of nitrogens with zero attached hydrogens (tertiary/aromatic N) is 1. The maximum absolute atomic E-state index is 10.9. The van der Waals surface area contributed by atoms with Crippen molar-refractivity contribution in [3.8, 4) is 5.75 Å². The molecule has 2 aliphatic rings. The molecule has 0 spiro atoms. The van der Waals surface area contributed by atoms with Crippen LogP contribution in [0.3, 0.4) is 0 Å². The van der Waals surface area contributed by atoms with E-state index in [1.54, 1.807) is 6.07 Å². The van der Waals surface area contributed by atoms with Crippen LogP contribution in [0.2, 0.25) is 0 Å². The molecule has 1 saturated heterocycles. The standard InChI is InChI=1S/C12H13NO3/c14-11-3-1-2-10-9(11)5-8-4-7(12(15)16)6-13(8)10/h1-3,7-8,14H,4-6H2,(H,15,16). The van der Waals surface area contributed by atoms with E-state index in [0.717, 1.165) is 17.7 Å². The molecule has 3 rings (SSSR count). The molecule has 1 aromatic rings. The van der Waals surface area contributed by atoms with Crippen LogP contribution in [0, 0.1) is 5.92 Å². The largest absolute Gasteiger partial charge is 0.508 e. The van der Waals surface area contributed by atoms with Crippen molar-refractivity contribution in [2.24, 2.45) is 5.92 Å². The minimum Gasteiger partial charge on any atom is -0.508 e. The van der Waals surface area contributed by atoms with Crippen molar-refractivity contribution in [1.29, 1.82) is 0 Å². The minimum absolute atomic E-state index is 0.254. The second-order valence-corrected chi connectivity index (χ2v) is 4.56. The highest BCUT2D eigenvalue weighted by atomic mass is 16.4. The number of anilines is 1. The van der Waals surface area contributed by atoms with Gasteiger partial charge in [-0.05, 0) is 25.0 Å². The molecule has 4 heteroatoms. The third kappa shape index (κ3) is 1.19. The van der Waals surface area contributed by atoms with Crippen molar-refractivity contribution in [1.82, 2.24) is 0 Å². The summed E-state index contributed by atoms with van der Waals surface area (Å²) in [6, 6.07) is 5.71. The maximum atomic E-state index is 10.9. The van der Waals surface area contributed by atoms with Crippen LogP contribution in [0.15, 0.2) is 18.2 Å². The topological polar surface area (TPSA) is 60.8 Å². The number of phenolic OH excluding ortho intramolecular Hbond substituents is 1. The summed E-state index contributed by atoms with van der Waals surface area (Å²) in [5.41, 5.74) is 1.98. The lowest BCUT2D eigenvalue weighted by molar-refractivity contribution is -0.141. The number of fused-ring (bicyclic) bond motifs is 3. The molecule has 0 aromatic heterocycles. The zero-order chi connectivity index (χ0) is 11.3. The Morgan fingerprint density at radius 3 is 3.00 bits per heavy atom. The van der Waals surface area contributed by atoms with Crippen LogP contribution in [0.1, 0.15) is 12.0 Å². The van der Waals surface area contributed by atoms with Crippen LogP contribution in [0.4, 0.5) is 5.69 Å². The number of carboxylic acids is 1. The first-order valence-electron chi connectivity index (χ1n) is 5.47. The molecule has 2 N–H and O–H groups in total. The number of phenols is 1. The van der Waals surface area contributed by atoms with Crippen molar-refractivity contribution >= 4 is 11.7 Å². The molecule has 2 heterocycles. The third-order valence-electron chi connectivity index (χ3n) is 3.64. The van der Waals surface area contributed by atoms with Crippen LogP contribution < -0.4 is 4.90 Å². The molecule has 84 valence electrons. The Kier molecular flexibility index (Phi) is 1.87. The van der Waals surface area contributed by atoms with E-state index in [1.807, 2.05) is 12.1 Å². The van der Waals surface area contributed by atoms with E-state index in [4.69, 9.17) is 5.11 Å². The summed E-state index contributed by atoms with van der Waals surface area (Å²) in [4.78, 5) is 13.1. The smallest absolute Gasteiger partial charge is 0.308 e. The lowest BCUT2D eigenvalue weighted by Gasteiger charge is -2.18. The average Bonchev–Trinajstić information content (AvgIpc) is 2.76. The van der Waals surface area contributed by atoms with Crippen molar-refractivity contribution < 1.29 is 15.0 Å². The van der Waals surface area contributed by atoms with Gasteiger partial charge >= 0.3 is 5.97 Å². The molecule has 2 unspecified atom stereocenters. The number of carbonyl (C=O) groups is 1. The summed E-state index contributed by atoms with van der Waals surface area (Å²) in [7, 11) is 0. The zero-order valence-corrected chi connectivity index (χ0v) is 8.76. The fourth-order valence-corrected chi connectivity index (χ4v) is 2.86. The van der Waals surface area contributed by atoms with Gasteiger partial charge in [0.05, 0.1) is 5.92 Å². The summed E-state index contributed by atoms with van der Waals surface area (Å²) < 4.78 is 0. The SMILES string of the molecule is O=C(O)C1CC2Cc3c(O)cccc3N2C1. The monoisotopic (exact) mass is 219 g/mol. The third-order valence-corrected chi connectivity index (χ3v) is 3.64. The summed E-state index contributed by atoms with van der Waals surface area (Å²) in [6.07, 6.45) is 1.45. The number of aromatic hydroxyl groups is 1. The molecular formula is C12H13NO3. The highest BCUT2D eigenvalue weighted by Crippen LogP contribution is 2.43. The molecule has 1 fully saturated rings. The number of benzene rings is 1. The van der Waals surface area contributed by atoms with Crippen molar-refractivity contribution in [2.75, 3.05) is 11.4 Å². The van der Waals surface area contributed by atoms with E-state index in [0.29, 0.717) is 18.7 Å². The lowest BCUT2D eigenvalue weighted by atomic mass is 10.0. The van der Waals surface area contributed by atoms with E-state index in [2.05, 4.69) is 4.90 Å². The highest BCUT2D eigenvalue weighted by molar-refractivity contribution is 5.74. The van der Waals surface area contributed by atoms with Crippen molar-refractivity contribution in [3.05, 3.63) is 23.8 Å². The fourth-order valence-electron chi connectivity index (χ4n) is 2.86. The first-order chi connectivity index (χ1) is 7.66. The number of carboxylic acid groups (broad SMARTS) is 1. The Hall–Kier alpha value is -1.71. The molecule has 2 aliphatic heterocycles. The highest BCUT2D eigenvalue weighted by Gasteiger charge is 2.41. The lowest BCUT2D eigenvalue weighted by Crippen LogP contribution is -2.25. The second-order valence-electron chi connectivity index (χ2n) is 4.56. The van der Waals surface area contributed by atoms with Gasteiger partial charge in [0.15, 0.2) is 0 Å². The van der Waals surface area contributed by atoms with Gasteiger partial charge in [-0.3, -0.25) is 4.79 Å². The summed E-state index contributed by atoms with van der Waals surface area (Å²) in [5.74, 6) is -0.643. The predicted octanol–water partition coefficient (Wildman–Crippen LogP) is 1.23. The van der Waals surface area contributed by atoms with E-state index in [9.17, 15) is 9.90 Å². The van der Waals surface area contributed by atoms with Crippen molar-refractivity contribution in [3.63, 3.8) is 0 Å². The number of aliphatic carboxylic acids is 1. The van der Waals surface area contributed by atoms with E-state index in [-0.39, 0.29) is 12.0 Å². The van der Waals surface area contributed by atoms with Crippen LogP contribution in [0.5, 0.6) is 5.75 Å².